The van der Waals surface area contributed by atoms with Gasteiger partial charge in [0.25, 0.3) is 0 Å². The van der Waals surface area contributed by atoms with Crippen LogP contribution in [-0.4, -0.2) is 45.5 Å². The van der Waals surface area contributed by atoms with Crippen LogP contribution in [0.15, 0.2) is 0 Å². The van der Waals surface area contributed by atoms with Crippen molar-refractivity contribution in [3.05, 3.63) is 0 Å². The van der Waals surface area contributed by atoms with Gasteiger partial charge in [-0.15, -0.1) is 0 Å². The molecule has 0 saturated carbocycles. The SMILES string of the molecule is [La].[Mn].[O]=[Fe].[SrH2]. The second-order valence-electron chi connectivity index (χ2n) is 0. The van der Waals surface area contributed by atoms with Gasteiger partial charge in [0, 0.05) is 52.7 Å². The molecule has 0 N–H and O–H groups in total. The van der Waals surface area contributed by atoms with Crippen molar-refractivity contribution in [2.75, 3.05) is 0 Å². The van der Waals surface area contributed by atoms with Crippen LogP contribution in [0.5, 0.6) is 0 Å². The Labute approximate surface area is 115 Å². The molecule has 0 aromatic heterocycles. The zero-order chi connectivity index (χ0) is 2.00. The summed E-state index contributed by atoms with van der Waals surface area (Å²) < 4.78 is 8.00. The van der Waals surface area contributed by atoms with E-state index in [4.69, 9.17) is 3.83 Å². The van der Waals surface area contributed by atoms with E-state index in [0.717, 1.165) is 0 Å². The maximum absolute atomic E-state index is 8.00. The molecule has 0 aliphatic carbocycles. The van der Waals surface area contributed by atoms with Gasteiger partial charge in [0.05, 0.1) is 0 Å². The molecule has 5 heavy (non-hydrogen) atoms. The fourth-order valence-electron chi connectivity index (χ4n) is 0. The Bertz CT molecular complexity index is 11.6. The molecule has 0 aromatic carbocycles. The predicted octanol–water partition coefficient (Wildman–Crippen LogP) is -1.04. The van der Waals surface area contributed by atoms with Gasteiger partial charge in [-0.3, -0.25) is 0 Å². The normalized spacial score (nSPS) is 1.00. The van der Waals surface area contributed by atoms with Crippen molar-refractivity contribution in [2.24, 2.45) is 0 Å². The van der Waals surface area contributed by atoms with Gasteiger partial charge in [-0.05, 0) is 0 Å². The van der Waals surface area contributed by atoms with Crippen molar-refractivity contribution in [1.29, 1.82) is 0 Å². The van der Waals surface area contributed by atoms with Crippen molar-refractivity contribution < 1.29 is 72.4 Å². The first-order valence-corrected chi connectivity index (χ1v) is 0.595. The fourth-order valence-corrected chi connectivity index (χ4v) is 0. The van der Waals surface area contributed by atoms with E-state index in [-0.39, 0.29) is 98.1 Å². The molecule has 28 valence electrons. The van der Waals surface area contributed by atoms with Gasteiger partial charge >= 0.3 is 65.3 Å². The summed E-state index contributed by atoms with van der Waals surface area (Å²) in [6, 6.07) is 0. The maximum atomic E-state index is 8.00. The third-order valence-corrected chi connectivity index (χ3v) is 0. The second kappa shape index (κ2) is 25.8. The fraction of sp³-hybridized carbons (Fsp3) is 0. The van der Waals surface area contributed by atoms with Gasteiger partial charge in [-0.25, -0.2) is 0 Å². The van der Waals surface area contributed by atoms with Crippen LogP contribution in [0.2, 0.25) is 0 Å². The van der Waals surface area contributed by atoms with Crippen LogP contribution in [-0.2, 0) is 36.8 Å². The summed E-state index contributed by atoms with van der Waals surface area (Å²) in [6.45, 7) is 0. The van der Waals surface area contributed by atoms with Gasteiger partial charge in [0.1, 0.15) is 0 Å². The molecule has 5 heteroatoms. The summed E-state index contributed by atoms with van der Waals surface area (Å²) in [4.78, 5) is 0. The molecule has 0 aliphatic rings. The van der Waals surface area contributed by atoms with E-state index in [1.54, 1.807) is 0 Å². The van der Waals surface area contributed by atoms with Gasteiger partial charge in [-0.1, -0.05) is 0 Å². The van der Waals surface area contributed by atoms with Crippen LogP contribution in [0, 0.1) is 35.6 Å². The molecule has 0 unspecified atom stereocenters. The van der Waals surface area contributed by atoms with E-state index >= 15 is 0 Å². The average Bonchev–Trinajstić information content (AvgIpc) is 1.00. The van der Waals surface area contributed by atoms with Gasteiger partial charge in [0.15, 0.2) is 0 Å². The molecule has 0 spiro atoms. The molecule has 0 saturated heterocycles. The Morgan fingerprint density at radius 3 is 1.20 bits per heavy atom. The van der Waals surface area contributed by atoms with Crippen molar-refractivity contribution in [3.63, 3.8) is 0 Å². The van der Waals surface area contributed by atoms with Crippen LogP contribution in [0.4, 0.5) is 0 Å². The Balaban J connectivity index is -0.00000000167. The molecule has 0 rings (SSSR count). The molecule has 0 amide bonds. The third-order valence-electron chi connectivity index (χ3n) is 0. The summed E-state index contributed by atoms with van der Waals surface area (Å²) in [7, 11) is 0. The topological polar surface area (TPSA) is 17.1 Å². The minimum atomic E-state index is 0. The third kappa shape index (κ3) is 18.5. The van der Waals surface area contributed by atoms with Crippen LogP contribution < -0.4 is 0 Å². The monoisotopic (exact) mass is 356 g/mol. The molecule has 0 aliphatic heterocycles. The Morgan fingerprint density at radius 1 is 1.20 bits per heavy atom. The van der Waals surface area contributed by atoms with E-state index in [1.165, 1.54) is 0 Å². The molecule has 0 bridgehead atoms. The molecule has 0 atom stereocenters. The number of hydrogen-bond acceptors (Lipinski definition) is 1. The van der Waals surface area contributed by atoms with Crippen molar-refractivity contribution in [3.8, 4) is 0 Å². The van der Waals surface area contributed by atoms with Gasteiger partial charge < -0.3 is 0 Å². The van der Waals surface area contributed by atoms with Crippen molar-refractivity contribution >= 4 is 45.5 Å². The molecule has 0 heterocycles. The predicted molar refractivity (Wildman–Crippen MR) is 9.23 cm³/mol. The first-order valence-electron chi connectivity index (χ1n) is 0.144. The van der Waals surface area contributed by atoms with Crippen LogP contribution in [0.25, 0.3) is 0 Å². The minimum absolute atomic E-state index is 0. The zero-order valence-electron chi connectivity index (χ0n) is 1.72. The van der Waals surface area contributed by atoms with E-state index in [1.807, 2.05) is 15.9 Å². The first kappa shape index (κ1) is 23.6. The average molecular weight is 355 g/mol. The summed E-state index contributed by atoms with van der Waals surface area (Å²) in [5.41, 5.74) is 0. The molecule has 1 nitrogen and oxygen atoms in total. The molecule has 0 fully saturated rings. The number of hydrogen-bond donors (Lipinski definition) is 0. The quantitative estimate of drug-likeness (QED) is 0.508. The Morgan fingerprint density at radius 2 is 1.20 bits per heavy atom. The zero-order valence-corrected chi connectivity index (χ0v) is 7.63. The molecule has 2 radical (unpaired) electrons. The first-order chi connectivity index (χ1) is 1.00. The van der Waals surface area contributed by atoms with E-state index in [2.05, 4.69) is 0 Å². The van der Waals surface area contributed by atoms with E-state index < -0.39 is 0 Å². The van der Waals surface area contributed by atoms with Crippen molar-refractivity contribution in [1.82, 2.24) is 0 Å². The van der Waals surface area contributed by atoms with Gasteiger partial charge in [0.2, 0.25) is 0 Å². The summed E-state index contributed by atoms with van der Waals surface area (Å²) >= 11 is 2.00. The van der Waals surface area contributed by atoms with E-state index in [0.29, 0.717) is 0 Å². The van der Waals surface area contributed by atoms with E-state index in [9.17, 15) is 0 Å². The molecular weight excluding hydrogens is 353 g/mol. The summed E-state index contributed by atoms with van der Waals surface area (Å²) in [5, 5.41) is 0. The summed E-state index contributed by atoms with van der Waals surface area (Å²) in [5.74, 6) is 0. The number of rotatable bonds is 0. The van der Waals surface area contributed by atoms with Crippen LogP contribution >= 0.6 is 0 Å². The second-order valence-corrected chi connectivity index (χ2v) is 0. The summed E-state index contributed by atoms with van der Waals surface area (Å²) in [6.07, 6.45) is 0. The molecular formula is H2FeLaMnOSr. The standard InChI is InChI=1S/Fe.La.Mn.O.Sr.2H. The Kier molecular flexibility index (Phi) is 122. The molecule has 0 aromatic rings. The van der Waals surface area contributed by atoms with Crippen molar-refractivity contribution in [2.45, 2.75) is 0 Å². The van der Waals surface area contributed by atoms with Gasteiger partial charge in [-0.2, -0.15) is 0 Å². The van der Waals surface area contributed by atoms with Crippen LogP contribution in [0.1, 0.15) is 0 Å². The van der Waals surface area contributed by atoms with Crippen LogP contribution in [0.3, 0.4) is 0 Å². The Hall–Kier alpha value is 3.51.